The van der Waals surface area contributed by atoms with Crippen LogP contribution in [0, 0.1) is 5.41 Å². The summed E-state index contributed by atoms with van der Waals surface area (Å²) >= 11 is 1.36. The smallest absolute Gasteiger partial charge is 0.416 e. The van der Waals surface area contributed by atoms with E-state index in [1.54, 1.807) is 48.7 Å². The third-order valence-electron chi connectivity index (χ3n) is 6.96. The first-order valence-electron chi connectivity index (χ1n) is 14.1. The molecule has 13 heteroatoms. The largest absolute Gasteiger partial charge is 0.497 e. The van der Waals surface area contributed by atoms with Gasteiger partial charge in [-0.25, -0.2) is 27.9 Å². The van der Waals surface area contributed by atoms with E-state index in [0.29, 0.717) is 10.6 Å². The second kappa shape index (κ2) is 12.4. The number of hydrogen-bond donors (Lipinski definition) is 2. The molecule has 0 saturated heterocycles. The van der Waals surface area contributed by atoms with Crippen molar-refractivity contribution in [3.63, 3.8) is 0 Å². The van der Waals surface area contributed by atoms with Gasteiger partial charge in [-0.15, -0.1) is 11.3 Å². The van der Waals surface area contributed by atoms with Gasteiger partial charge in [0, 0.05) is 28.4 Å². The van der Waals surface area contributed by atoms with E-state index in [2.05, 4.69) is 9.97 Å². The molecule has 4 rings (SSSR count). The maximum Gasteiger partial charge on any atom is 0.416 e. The number of benzene rings is 1. The van der Waals surface area contributed by atoms with Gasteiger partial charge in [-0.1, -0.05) is 26.8 Å². The first-order valence-corrected chi connectivity index (χ1v) is 16.4. The quantitative estimate of drug-likeness (QED) is 0.227. The number of amides is 1. The van der Waals surface area contributed by atoms with E-state index in [1.165, 1.54) is 54.1 Å². The Morgan fingerprint density at radius 1 is 1.04 bits per heavy atom. The zero-order chi connectivity index (χ0) is 33.4. The van der Waals surface area contributed by atoms with Crippen molar-refractivity contribution in [2.75, 3.05) is 12.0 Å². The van der Waals surface area contributed by atoms with Crippen molar-refractivity contribution in [2.24, 2.45) is 11.1 Å². The summed E-state index contributed by atoms with van der Waals surface area (Å²) in [4.78, 5) is 34.1. The van der Waals surface area contributed by atoms with Crippen LogP contribution in [-0.4, -0.2) is 54.3 Å². The van der Waals surface area contributed by atoms with Crippen LogP contribution < -0.4 is 15.4 Å². The molecule has 0 spiro atoms. The van der Waals surface area contributed by atoms with Crippen LogP contribution in [0.1, 0.15) is 52.1 Å². The molecule has 4 aromatic rings. The minimum atomic E-state index is -4.37. The molecular formula is C32H38N4O7S2. The van der Waals surface area contributed by atoms with E-state index < -0.39 is 43.8 Å². The van der Waals surface area contributed by atoms with Crippen LogP contribution in [0.2, 0.25) is 0 Å². The SMILES string of the molecule is COc1ccc2cc(CC(N)(c3cccc(N(C(=O)OC(C)(C)C)C(C(=O)O)C(C)(C)C)n3)S(=O)(=O)c3cccnc3)sc2c1. The molecular weight excluding hydrogens is 617 g/mol. The predicted octanol–water partition coefficient (Wildman–Crippen LogP) is 5.77. The van der Waals surface area contributed by atoms with Crippen molar-refractivity contribution >= 4 is 49.1 Å². The zero-order valence-electron chi connectivity index (χ0n) is 26.3. The molecule has 3 heterocycles. The second-order valence-electron chi connectivity index (χ2n) is 12.7. The molecule has 0 bridgehead atoms. The number of hydrogen-bond acceptors (Lipinski definition) is 10. The maximum absolute atomic E-state index is 14.4. The van der Waals surface area contributed by atoms with Crippen LogP contribution in [0.4, 0.5) is 10.6 Å². The Balaban J connectivity index is 1.94. The van der Waals surface area contributed by atoms with Crippen LogP contribution in [0.3, 0.4) is 0 Å². The summed E-state index contributed by atoms with van der Waals surface area (Å²) in [5.41, 5.74) is 4.94. The van der Waals surface area contributed by atoms with Crippen molar-refractivity contribution in [3.8, 4) is 5.75 Å². The van der Waals surface area contributed by atoms with E-state index >= 15 is 0 Å². The highest BCUT2D eigenvalue weighted by Gasteiger charge is 2.47. The van der Waals surface area contributed by atoms with Crippen molar-refractivity contribution in [1.82, 2.24) is 9.97 Å². The Labute approximate surface area is 266 Å². The van der Waals surface area contributed by atoms with Gasteiger partial charge in [0.1, 0.15) is 23.2 Å². The minimum absolute atomic E-state index is 0.0921. The molecule has 2 atom stereocenters. The van der Waals surface area contributed by atoms with Gasteiger partial charge in [0.15, 0.2) is 4.87 Å². The van der Waals surface area contributed by atoms with Crippen molar-refractivity contribution < 1.29 is 32.6 Å². The standard InChI is InChI=1S/C32H38N4O7S2/c1-30(2,3)27(28(37)38)36(29(39)43-31(4,5)6)26-12-8-11-25(35-26)32(33,45(40,41)23-10-9-15-34-19-23)18-22-16-20-13-14-21(42-7)17-24(20)44-22/h8-17,19,27H,18,33H2,1-7H3,(H,37,38). The first-order chi connectivity index (χ1) is 20.9. The van der Waals surface area contributed by atoms with Gasteiger partial charge in [-0.3, -0.25) is 4.98 Å². The molecule has 1 aromatic carbocycles. The lowest BCUT2D eigenvalue weighted by Gasteiger charge is -2.37. The van der Waals surface area contributed by atoms with Gasteiger partial charge in [-0.05, 0) is 80.1 Å². The molecule has 1 amide bonds. The summed E-state index contributed by atoms with van der Waals surface area (Å²) in [5.74, 6) is -0.758. The lowest BCUT2D eigenvalue weighted by molar-refractivity contribution is -0.141. The number of rotatable bonds is 9. The van der Waals surface area contributed by atoms with Crippen molar-refractivity contribution in [3.05, 3.63) is 77.6 Å². The number of aliphatic carboxylic acids is 1. The molecule has 0 aliphatic carbocycles. The summed E-state index contributed by atoms with van der Waals surface area (Å²) in [5, 5.41) is 11.2. The lowest BCUT2D eigenvalue weighted by Crippen LogP contribution is -2.54. The number of methoxy groups -OCH3 is 1. The van der Waals surface area contributed by atoms with Crippen molar-refractivity contribution in [1.29, 1.82) is 0 Å². The molecule has 45 heavy (non-hydrogen) atoms. The Kier molecular flexibility index (Phi) is 9.30. The molecule has 3 N–H and O–H groups in total. The van der Waals surface area contributed by atoms with Crippen LogP contribution in [0.15, 0.2) is 71.9 Å². The number of nitrogens with two attached hydrogens (primary N) is 1. The van der Waals surface area contributed by atoms with Crippen LogP contribution in [0.25, 0.3) is 10.1 Å². The van der Waals surface area contributed by atoms with Crippen LogP contribution in [0.5, 0.6) is 5.75 Å². The topological polar surface area (TPSA) is 162 Å². The normalized spacial score (nSPS) is 14.4. The minimum Gasteiger partial charge on any atom is -0.497 e. The fourth-order valence-corrected chi connectivity index (χ4v) is 7.77. The fraction of sp³-hybridized carbons (Fsp3) is 0.375. The van der Waals surface area contributed by atoms with Crippen LogP contribution >= 0.6 is 11.3 Å². The summed E-state index contributed by atoms with van der Waals surface area (Å²) < 4.78 is 40.5. The molecule has 2 unspecified atom stereocenters. The van der Waals surface area contributed by atoms with E-state index in [9.17, 15) is 23.1 Å². The van der Waals surface area contributed by atoms with Crippen molar-refractivity contribution in [2.45, 2.75) is 69.4 Å². The van der Waals surface area contributed by atoms with Gasteiger partial charge in [0.05, 0.1) is 17.7 Å². The fourth-order valence-electron chi connectivity index (χ4n) is 4.88. The predicted molar refractivity (Wildman–Crippen MR) is 173 cm³/mol. The maximum atomic E-state index is 14.4. The number of carbonyl (C=O) groups is 2. The third-order valence-corrected chi connectivity index (χ3v) is 10.2. The highest BCUT2D eigenvalue weighted by molar-refractivity contribution is 7.92. The highest BCUT2D eigenvalue weighted by atomic mass is 32.2. The Morgan fingerprint density at radius 2 is 1.76 bits per heavy atom. The molecule has 11 nitrogen and oxygen atoms in total. The van der Waals surface area contributed by atoms with E-state index in [4.69, 9.17) is 15.2 Å². The molecule has 0 saturated carbocycles. The molecule has 3 aromatic heterocycles. The average molecular weight is 655 g/mol. The second-order valence-corrected chi connectivity index (χ2v) is 16.1. The van der Waals surface area contributed by atoms with Gasteiger partial charge < -0.3 is 20.3 Å². The summed E-state index contributed by atoms with van der Waals surface area (Å²) in [7, 11) is -2.81. The molecule has 0 aliphatic rings. The number of nitrogens with zero attached hydrogens (tertiary/aromatic N) is 3. The van der Waals surface area contributed by atoms with Gasteiger partial charge in [-0.2, -0.15) is 0 Å². The summed E-state index contributed by atoms with van der Waals surface area (Å²) in [6, 6.07) is 13.2. The molecule has 240 valence electrons. The van der Waals surface area contributed by atoms with Gasteiger partial charge in [0.25, 0.3) is 0 Å². The van der Waals surface area contributed by atoms with Gasteiger partial charge in [0.2, 0.25) is 9.84 Å². The lowest BCUT2D eigenvalue weighted by atomic mass is 9.85. The number of carbonyl (C=O) groups excluding carboxylic acids is 1. The van der Waals surface area contributed by atoms with Crippen LogP contribution in [-0.2, 0) is 30.7 Å². The molecule has 0 radical (unpaired) electrons. The number of carboxylic acids is 1. The number of thiophene rings is 1. The Bertz CT molecular complexity index is 1810. The Hall–Kier alpha value is -4.07. The summed E-state index contributed by atoms with van der Waals surface area (Å²) in [6.07, 6.45) is 1.53. The number of anilines is 1. The highest BCUT2D eigenvalue weighted by Crippen LogP contribution is 2.39. The zero-order valence-corrected chi connectivity index (χ0v) is 27.9. The van der Waals surface area contributed by atoms with Gasteiger partial charge >= 0.3 is 12.1 Å². The third kappa shape index (κ3) is 7.10. The monoisotopic (exact) mass is 654 g/mol. The first kappa shape index (κ1) is 33.8. The van der Waals surface area contributed by atoms with E-state index in [0.717, 1.165) is 15.0 Å². The molecule has 0 fully saturated rings. The van der Waals surface area contributed by atoms with E-state index in [1.807, 2.05) is 24.3 Å². The summed E-state index contributed by atoms with van der Waals surface area (Å²) in [6.45, 7) is 9.99. The number of fused-ring (bicyclic) bond motifs is 1. The number of sulfone groups is 1. The average Bonchev–Trinajstić information content (AvgIpc) is 3.35. The number of aromatic nitrogens is 2. The number of pyridine rings is 2. The Morgan fingerprint density at radius 3 is 2.33 bits per heavy atom. The number of ether oxygens (including phenoxy) is 2. The van der Waals surface area contributed by atoms with E-state index in [-0.39, 0.29) is 22.8 Å². The molecule has 0 aliphatic heterocycles. The number of carboxylic acid groups (broad SMARTS) is 1.